The second kappa shape index (κ2) is 12.0. The fraction of sp³-hybridized carbons (Fsp3) is 0.393. The highest BCUT2D eigenvalue weighted by Gasteiger charge is 2.47. The van der Waals surface area contributed by atoms with Crippen LogP contribution in [0.15, 0.2) is 45.6 Å². The third-order valence-corrected chi connectivity index (χ3v) is 6.81. The highest BCUT2D eigenvalue weighted by molar-refractivity contribution is 5.87. The van der Waals surface area contributed by atoms with Crippen molar-refractivity contribution in [2.45, 2.75) is 55.9 Å². The largest absolute Gasteiger partial charge is 0.508 e. The van der Waals surface area contributed by atoms with Gasteiger partial charge in [-0.1, -0.05) is 0 Å². The molecule has 0 unspecified atom stereocenters. The number of aliphatic hydroxyl groups excluding tert-OH is 3. The number of methoxy groups -OCH3 is 1. The zero-order valence-electron chi connectivity index (χ0n) is 22.5. The Balaban J connectivity index is 1.75. The van der Waals surface area contributed by atoms with Gasteiger partial charge in [0.25, 0.3) is 0 Å². The van der Waals surface area contributed by atoms with E-state index in [4.69, 9.17) is 23.7 Å². The number of esters is 1. The maximum atomic E-state index is 13.9. The van der Waals surface area contributed by atoms with Crippen LogP contribution in [0.3, 0.4) is 0 Å². The normalized spacial score (nSPS) is 23.7. The fourth-order valence-corrected chi connectivity index (χ4v) is 4.74. The number of rotatable bonds is 9. The Kier molecular flexibility index (Phi) is 8.75. The van der Waals surface area contributed by atoms with Gasteiger partial charge in [-0.25, -0.2) is 0 Å². The molecule has 4 rings (SSSR count). The molecule has 3 aromatic rings. The lowest BCUT2D eigenvalue weighted by Crippen LogP contribution is -2.56. The molecular weight excluding hydrogens is 560 g/mol. The Morgan fingerprint density at radius 2 is 1.67 bits per heavy atom. The molecule has 14 heteroatoms. The predicted molar refractivity (Wildman–Crippen MR) is 142 cm³/mol. The Morgan fingerprint density at radius 1 is 1.00 bits per heavy atom. The van der Waals surface area contributed by atoms with Crippen molar-refractivity contribution in [3.8, 4) is 28.6 Å². The van der Waals surface area contributed by atoms with E-state index in [2.05, 4.69) is 0 Å². The molecule has 7 N–H and O–H groups in total. The van der Waals surface area contributed by atoms with Gasteiger partial charge in [0.1, 0.15) is 71.1 Å². The van der Waals surface area contributed by atoms with E-state index >= 15 is 0 Å². The number of aliphatic hydroxyl groups is 4. The number of aromatic hydroxyl groups is 2. The van der Waals surface area contributed by atoms with E-state index < -0.39 is 78.7 Å². The van der Waals surface area contributed by atoms with Crippen LogP contribution < -0.4 is 10.2 Å². The molecule has 0 spiro atoms. The summed E-state index contributed by atoms with van der Waals surface area (Å²) in [4.78, 5) is 37.1. The minimum atomic E-state index is -1.93. The summed E-state index contributed by atoms with van der Waals surface area (Å²) in [7, 11) is 1.34. The summed E-state index contributed by atoms with van der Waals surface area (Å²) in [5.41, 5.74) is -2.99. The number of benzene rings is 2. The van der Waals surface area contributed by atoms with Gasteiger partial charge in [-0.05, 0) is 31.2 Å². The topological polar surface area (TPSA) is 234 Å². The highest BCUT2D eigenvalue weighted by atomic mass is 16.6. The highest BCUT2D eigenvalue weighted by Crippen LogP contribution is 2.40. The number of carboxylic acid groups (broad SMARTS) is 1. The van der Waals surface area contributed by atoms with E-state index in [1.807, 2.05) is 0 Å². The monoisotopic (exact) mass is 590 g/mol. The second-order valence-corrected chi connectivity index (χ2v) is 10.2. The van der Waals surface area contributed by atoms with Crippen molar-refractivity contribution in [1.82, 2.24) is 0 Å². The van der Waals surface area contributed by atoms with Crippen LogP contribution in [-0.2, 0) is 19.1 Å². The quantitative estimate of drug-likeness (QED) is 0.169. The van der Waals surface area contributed by atoms with Crippen LogP contribution >= 0.6 is 0 Å². The maximum absolute atomic E-state index is 13.9. The van der Waals surface area contributed by atoms with E-state index in [1.165, 1.54) is 43.5 Å². The van der Waals surface area contributed by atoms with E-state index in [0.29, 0.717) is 0 Å². The number of fused-ring (bicyclic) bond motifs is 1. The third-order valence-electron chi connectivity index (χ3n) is 6.81. The lowest BCUT2D eigenvalue weighted by molar-refractivity contribution is -0.235. The Labute approximate surface area is 237 Å². The molecule has 2 heterocycles. The molecule has 0 amide bonds. The lowest BCUT2D eigenvalue weighted by Gasteiger charge is -2.40. The van der Waals surface area contributed by atoms with Crippen molar-refractivity contribution >= 4 is 22.9 Å². The molecule has 226 valence electrons. The third kappa shape index (κ3) is 6.32. The average Bonchev–Trinajstić information content (AvgIpc) is 2.90. The molecule has 6 atom stereocenters. The minimum absolute atomic E-state index is 0.0894. The van der Waals surface area contributed by atoms with Crippen molar-refractivity contribution in [2.75, 3.05) is 13.7 Å². The van der Waals surface area contributed by atoms with E-state index in [1.54, 1.807) is 0 Å². The van der Waals surface area contributed by atoms with Gasteiger partial charge in [0.05, 0.1) is 31.1 Å². The number of carbonyl (C=O) groups is 2. The van der Waals surface area contributed by atoms with Crippen LogP contribution in [0.25, 0.3) is 22.3 Å². The molecular formula is C28H30O14. The zero-order valence-corrected chi connectivity index (χ0v) is 22.5. The molecule has 0 radical (unpaired) electrons. The molecule has 0 bridgehead atoms. The van der Waals surface area contributed by atoms with Crippen molar-refractivity contribution in [3.05, 3.63) is 52.2 Å². The summed E-state index contributed by atoms with van der Waals surface area (Å²) in [6, 6.07) is 7.96. The number of hydrogen-bond acceptors (Lipinski definition) is 13. The first-order valence-corrected chi connectivity index (χ1v) is 12.7. The van der Waals surface area contributed by atoms with Crippen LogP contribution in [0, 0.1) is 0 Å². The first-order chi connectivity index (χ1) is 19.7. The molecule has 1 aliphatic heterocycles. The van der Waals surface area contributed by atoms with Crippen LogP contribution in [0.5, 0.6) is 17.2 Å². The van der Waals surface area contributed by atoms with Crippen LogP contribution in [0.1, 0.15) is 31.4 Å². The van der Waals surface area contributed by atoms with Gasteiger partial charge in [0.2, 0.25) is 5.43 Å². The van der Waals surface area contributed by atoms with Gasteiger partial charge in [0.15, 0.2) is 0 Å². The van der Waals surface area contributed by atoms with Gasteiger partial charge >= 0.3 is 11.9 Å². The first-order valence-electron chi connectivity index (χ1n) is 12.7. The van der Waals surface area contributed by atoms with Crippen LogP contribution in [0.4, 0.5) is 0 Å². The molecule has 14 nitrogen and oxygen atoms in total. The first kappa shape index (κ1) is 30.7. The second-order valence-electron chi connectivity index (χ2n) is 10.2. The summed E-state index contributed by atoms with van der Waals surface area (Å²) in [5.74, 6) is -2.98. The molecule has 1 saturated heterocycles. The van der Waals surface area contributed by atoms with Crippen LogP contribution in [-0.4, -0.2) is 91.4 Å². The summed E-state index contributed by atoms with van der Waals surface area (Å²) in [6.45, 7) is 0.415. The van der Waals surface area contributed by atoms with E-state index in [0.717, 1.165) is 6.92 Å². The predicted octanol–water partition coefficient (Wildman–Crippen LogP) is 0.561. The molecule has 1 fully saturated rings. The van der Waals surface area contributed by atoms with Crippen molar-refractivity contribution in [2.24, 2.45) is 0 Å². The van der Waals surface area contributed by atoms with Gasteiger partial charge < -0.3 is 54.4 Å². The number of carbonyl (C=O) groups excluding carboxylic acids is 1. The summed E-state index contributed by atoms with van der Waals surface area (Å²) in [6.07, 6.45) is -10.3. The Morgan fingerprint density at radius 3 is 2.29 bits per heavy atom. The number of aliphatic carboxylic acids is 1. The number of phenols is 2. The summed E-state index contributed by atoms with van der Waals surface area (Å²) in [5, 5.41) is 71.2. The summed E-state index contributed by atoms with van der Waals surface area (Å²) >= 11 is 0. The molecule has 1 aromatic heterocycles. The number of ether oxygens (including phenoxy) is 3. The summed E-state index contributed by atoms with van der Waals surface area (Å²) < 4.78 is 22.0. The number of hydrogen-bond donors (Lipinski definition) is 7. The van der Waals surface area contributed by atoms with E-state index in [9.17, 15) is 45.0 Å². The van der Waals surface area contributed by atoms with Gasteiger partial charge in [-0.2, -0.15) is 0 Å². The standard InChI is InChI=1S/C28H30O14/c1-28(38,9-18(31)32)10-19(33)40-11-17-22(34)24(36)25(37)27(42-17)21-23(35)20-15(30)7-14(39-2)8-16(20)41-26(21)12-3-5-13(29)6-4-12/h3-8,17,22,24-25,27,29-30,34,36-38H,9-11H2,1-2H3,(H,31,32)/t17-,22-,24+,25-,27+,28+/m1/s1. The van der Waals surface area contributed by atoms with Gasteiger partial charge in [-0.3, -0.25) is 14.4 Å². The zero-order chi connectivity index (χ0) is 30.9. The van der Waals surface area contributed by atoms with Gasteiger partial charge in [-0.15, -0.1) is 0 Å². The minimum Gasteiger partial charge on any atom is -0.508 e. The molecule has 0 saturated carbocycles. The molecule has 2 aromatic carbocycles. The fourth-order valence-electron chi connectivity index (χ4n) is 4.74. The van der Waals surface area contributed by atoms with Crippen molar-refractivity contribution in [3.63, 3.8) is 0 Å². The lowest BCUT2D eigenvalue weighted by atomic mass is 9.89. The average molecular weight is 591 g/mol. The van der Waals surface area contributed by atoms with Crippen molar-refractivity contribution < 1.29 is 64.0 Å². The Hall–Kier alpha value is -4.21. The Bertz CT molecular complexity index is 1530. The maximum Gasteiger partial charge on any atom is 0.308 e. The molecule has 1 aliphatic rings. The SMILES string of the molecule is COc1cc(O)c2c(=O)c([C@@H]3O[C@H](COC(=O)C[C@@](C)(O)CC(=O)O)[C@@H](O)[C@H](O)[C@H]3O)c(-c3ccc(O)cc3)oc2c1. The molecule has 0 aliphatic carbocycles. The smallest absolute Gasteiger partial charge is 0.308 e. The number of phenolic OH excluding ortho intramolecular Hbond substituents is 2. The number of carboxylic acids is 1. The molecule has 42 heavy (non-hydrogen) atoms. The van der Waals surface area contributed by atoms with Crippen molar-refractivity contribution in [1.29, 1.82) is 0 Å². The van der Waals surface area contributed by atoms with Crippen LogP contribution in [0.2, 0.25) is 0 Å². The van der Waals surface area contributed by atoms with E-state index in [-0.39, 0.29) is 39.4 Å². The van der Waals surface area contributed by atoms with Gasteiger partial charge in [0, 0.05) is 17.7 Å².